The Bertz CT molecular complexity index is 830. The van der Waals surface area contributed by atoms with Gasteiger partial charge in [0, 0.05) is 32.7 Å². The minimum Gasteiger partial charge on any atom is -0.459 e. The molecule has 0 amide bonds. The highest BCUT2D eigenvalue weighted by Gasteiger charge is 2.40. The van der Waals surface area contributed by atoms with Gasteiger partial charge in [-0.15, -0.1) is 0 Å². The first-order valence-electron chi connectivity index (χ1n) is 7.63. The van der Waals surface area contributed by atoms with E-state index in [0.29, 0.717) is 33.1 Å². The predicted molar refractivity (Wildman–Crippen MR) is 96.8 cm³/mol. The van der Waals surface area contributed by atoms with Gasteiger partial charge in [-0.2, -0.15) is 0 Å². The highest BCUT2D eigenvalue weighted by atomic mass is 79.9. The molecule has 0 N–H and O–H groups in total. The van der Waals surface area contributed by atoms with Crippen molar-refractivity contribution in [3.8, 4) is 0 Å². The molecule has 1 saturated carbocycles. The molecule has 0 aliphatic heterocycles. The zero-order chi connectivity index (χ0) is 18.3. The monoisotopic (exact) mass is 448 g/mol. The first-order chi connectivity index (χ1) is 11.8. The minimum atomic E-state index is -0.501. The van der Waals surface area contributed by atoms with Crippen LogP contribution < -0.4 is 0 Å². The van der Waals surface area contributed by atoms with Gasteiger partial charge >= 0.3 is 11.9 Å². The van der Waals surface area contributed by atoms with E-state index in [1.54, 1.807) is 12.1 Å². The first kappa shape index (κ1) is 18.5. The summed E-state index contributed by atoms with van der Waals surface area (Å²) in [5.74, 6) is -0.820. The van der Waals surface area contributed by atoms with Crippen LogP contribution in [0.15, 0.2) is 16.9 Å². The summed E-state index contributed by atoms with van der Waals surface area (Å²) in [5, 5.41) is 0.849. The van der Waals surface area contributed by atoms with Crippen molar-refractivity contribution in [2.24, 2.45) is 0 Å². The van der Waals surface area contributed by atoms with Crippen LogP contribution in [0, 0.1) is 0 Å². The number of nitrogens with zero attached hydrogens (tertiary/aromatic N) is 2. The van der Waals surface area contributed by atoms with E-state index in [9.17, 15) is 9.59 Å². The Kier molecular flexibility index (Phi) is 5.27. The van der Waals surface area contributed by atoms with Crippen molar-refractivity contribution < 1.29 is 19.1 Å². The Morgan fingerprint density at radius 1 is 1.12 bits per heavy atom. The van der Waals surface area contributed by atoms with Crippen molar-refractivity contribution in [2.75, 3.05) is 0 Å². The van der Waals surface area contributed by atoms with E-state index in [-0.39, 0.29) is 6.04 Å². The molecule has 1 fully saturated rings. The average Bonchev–Trinajstić information content (AvgIpc) is 2.99. The number of hydrogen-bond acceptors (Lipinski definition) is 5. The highest BCUT2D eigenvalue weighted by Crippen LogP contribution is 2.40. The van der Waals surface area contributed by atoms with Crippen molar-refractivity contribution in [1.29, 1.82) is 0 Å². The van der Waals surface area contributed by atoms with Crippen molar-refractivity contribution in [2.45, 2.75) is 44.9 Å². The lowest BCUT2D eigenvalue weighted by atomic mass is 10.2. The molecular weight excluding hydrogens is 435 g/mol. The number of fused-ring (bicyclic) bond motifs is 1. The normalized spacial score (nSPS) is 23.0. The van der Waals surface area contributed by atoms with Gasteiger partial charge in [-0.3, -0.25) is 9.59 Å². The molecule has 2 unspecified atom stereocenters. The van der Waals surface area contributed by atoms with E-state index < -0.39 is 24.1 Å². The predicted octanol–water partition coefficient (Wildman–Crippen LogP) is 4.30. The molecule has 2 atom stereocenters. The molecule has 1 aliphatic carbocycles. The molecule has 2 aromatic rings. The van der Waals surface area contributed by atoms with Crippen LogP contribution in [0.1, 0.15) is 32.7 Å². The molecule has 25 heavy (non-hydrogen) atoms. The molecule has 0 bridgehead atoms. The highest BCUT2D eigenvalue weighted by molar-refractivity contribution is 9.10. The number of rotatable bonds is 3. The standard InChI is InChI=1S/C16H15BrCl2N2O4/c1-7(22)24-14-3-9(4-15(14)25-8(2)23)21-13-6-11(19)10(18)5-12(13)20-16(21)17/h5-6,9,14-15H,3-4H2,1-2H3. The van der Waals surface area contributed by atoms with Crippen LogP contribution in [0.25, 0.3) is 11.0 Å². The molecule has 0 saturated heterocycles. The lowest BCUT2D eigenvalue weighted by Crippen LogP contribution is -2.29. The summed E-state index contributed by atoms with van der Waals surface area (Å²) in [7, 11) is 0. The Labute approximate surface area is 162 Å². The number of ether oxygens (including phenoxy) is 2. The third-order valence-electron chi connectivity index (χ3n) is 4.11. The average molecular weight is 450 g/mol. The second-order valence-electron chi connectivity index (χ2n) is 5.93. The second kappa shape index (κ2) is 7.13. The zero-order valence-corrected chi connectivity index (χ0v) is 16.6. The van der Waals surface area contributed by atoms with Crippen molar-refractivity contribution in [3.63, 3.8) is 0 Å². The van der Waals surface area contributed by atoms with Gasteiger partial charge in [0.15, 0.2) is 4.73 Å². The van der Waals surface area contributed by atoms with Crippen molar-refractivity contribution in [3.05, 3.63) is 26.9 Å². The van der Waals surface area contributed by atoms with E-state index in [0.717, 1.165) is 5.52 Å². The largest absolute Gasteiger partial charge is 0.459 e. The van der Waals surface area contributed by atoms with E-state index in [2.05, 4.69) is 20.9 Å². The Balaban J connectivity index is 1.97. The lowest BCUT2D eigenvalue weighted by molar-refractivity contribution is -0.162. The number of benzene rings is 1. The van der Waals surface area contributed by atoms with E-state index in [1.807, 2.05) is 4.57 Å². The summed E-state index contributed by atoms with van der Waals surface area (Å²) in [6.45, 7) is 2.67. The smallest absolute Gasteiger partial charge is 0.303 e. The number of aromatic nitrogens is 2. The molecule has 1 aliphatic rings. The Morgan fingerprint density at radius 3 is 2.16 bits per heavy atom. The van der Waals surface area contributed by atoms with Gasteiger partial charge in [0.1, 0.15) is 12.2 Å². The molecule has 0 spiro atoms. The fourth-order valence-electron chi connectivity index (χ4n) is 3.23. The SMILES string of the molecule is CC(=O)OC1CC(n2c(Br)nc3cc(Cl)c(Cl)cc32)CC1OC(C)=O. The molecule has 6 nitrogen and oxygen atoms in total. The number of esters is 2. The topological polar surface area (TPSA) is 70.4 Å². The summed E-state index contributed by atoms with van der Waals surface area (Å²) in [5.41, 5.74) is 1.50. The molecule has 1 aromatic carbocycles. The number of halogens is 3. The number of hydrogen-bond donors (Lipinski definition) is 0. The van der Waals surface area contributed by atoms with Crippen LogP contribution in [0.4, 0.5) is 0 Å². The van der Waals surface area contributed by atoms with Crippen LogP contribution in [0.5, 0.6) is 0 Å². The fraction of sp³-hybridized carbons (Fsp3) is 0.438. The molecule has 134 valence electrons. The van der Waals surface area contributed by atoms with Crippen molar-refractivity contribution in [1.82, 2.24) is 9.55 Å². The van der Waals surface area contributed by atoms with Gasteiger partial charge < -0.3 is 14.0 Å². The van der Waals surface area contributed by atoms with Gasteiger partial charge in [0.05, 0.1) is 21.1 Å². The van der Waals surface area contributed by atoms with E-state index >= 15 is 0 Å². The summed E-state index contributed by atoms with van der Waals surface area (Å²) in [6, 6.07) is 3.37. The third-order valence-corrected chi connectivity index (χ3v) is 5.39. The molecule has 0 radical (unpaired) electrons. The number of carbonyl (C=O) groups is 2. The Hall–Kier alpha value is -1.31. The van der Waals surface area contributed by atoms with Crippen LogP contribution >= 0.6 is 39.1 Å². The summed E-state index contributed by atoms with van der Waals surface area (Å²) in [4.78, 5) is 27.2. The fourth-order valence-corrected chi connectivity index (χ4v) is 4.22. The minimum absolute atomic E-state index is 0.0784. The maximum atomic E-state index is 11.4. The van der Waals surface area contributed by atoms with Crippen LogP contribution in [-0.2, 0) is 19.1 Å². The second-order valence-corrected chi connectivity index (χ2v) is 7.45. The van der Waals surface area contributed by atoms with Crippen LogP contribution in [0.3, 0.4) is 0 Å². The molecular formula is C16H15BrCl2N2O4. The maximum Gasteiger partial charge on any atom is 0.303 e. The van der Waals surface area contributed by atoms with Crippen LogP contribution in [0.2, 0.25) is 10.0 Å². The molecule has 9 heteroatoms. The molecule has 1 aromatic heterocycles. The third kappa shape index (κ3) is 3.78. The number of imidazole rings is 1. The molecule has 3 rings (SSSR count). The van der Waals surface area contributed by atoms with Crippen molar-refractivity contribution >= 4 is 62.1 Å². The van der Waals surface area contributed by atoms with Gasteiger partial charge in [0.2, 0.25) is 0 Å². The molecule has 1 heterocycles. The van der Waals surface area contributed by atoms with Gasteiger partial charge in [-0.25, -0.2) is 4.98 Å². The summed E-state index contributed by atoms with van der Waals surface area (Å²) < 4.78 is 13.2. The first-order valence-corrected chi connectivity index (χ1v) is 9.18. The van der Waals surface area contributed by atoms with Gasteiger partial charge in [-0.1, -0.05) is 23.2 Å². The summed E-state index contributed by atoms with van der Waals surface area (Å²) in [6.07, 6.45) is 0.000898. The quantitative estimate of drug-likeness (QED) is 0.653. The van der Waals surface area contributed by atoms with E-state index in [4.69, 9.17) is 32.7 Å². The zero-order valence-electron chi connectivity index (χ0n) is 13.5. The maximum absolute atomic E-state index is 11.4. The van der Waals surface area contributed by atoms with Crippen LogP contribution in [-0.4, -0.2) is 33.7 Å². The Morgan fingerprint density at radius 2 is 1.64 bits per heavy atom. The van der Waals surface area contributed by atoms with E-state index in [1.165, 1.54) is 13.8 Å². The van der Waals surface area contributed by atoms with Gasteiger partial charge in [0.25, 0.3) is 0 Å². The van der Waals surface area contributed by atoms with Gasteiger partial charge in [-0.05, 0) is 28.1 Å². The lowest BCUT2D eigenvalue weighted by Gasteiger charge is -2.18. The summed E-state index contributed by atoms with van der Waals surface area (Å²) >= 11 is 15.7. The number of carbonyl (C=O) groups excluding carboxylic acids is 2.